The summed E-state index contributed by atoms with van der Waals surface area (Å²) in [6.07, 6.45) is 7.93. The first-order valence-corrected chi connectivity index (χ1v) is 8.80. The number of amides is 1. The van der Waals surface area contributed by atoms with Gasteiger partial charge in [-0.05, 0) is 43.2 Å². The lowest BCUT2D eigenvalue weighted by molar-refractivity contribution is -0.124. The Labute approximate surface area is 181 Å². The van der Waals surface area contributed by atoms with Crippen LogP contribution in [0, 0.1) is 5.82 Å². The van der Waals surface area contributed by atoms with E-state index >= 15 is 0 Å². The molecule has 0 saturated carbocycles. The normalized spacial score (nSPS) is 16.6. The molecule has 1 fully saturated rings. The number of anilines is 1. The van der Waals surface area contributed by atoms with Crippen molar-refractivity contribution in [3.63, 3.8) is 0 Å². The van der Waals surface area contributed by atoms with E-state index in [2.05, 4.69) is 20.2 Å². The van der Waals surface area contributed by atoms with Gasteiger partial charge in [0.15, 0.2) is 0 Å². The van der Waals surface area contributed by atoms with Crippen LogP contribution in [-0.2, 0) is 11.3 Å². The zero-order valence-corrected chi connectivity index (χ0v) is 17.3. The smallest absolute Gasteiger partial charge is 0.267 e. The van der Waals surface area contributed by atoms with Gasteiger partial charge in [0.05, 0.1) is 18.1 Å². The van der Waals surface area contributed by atoms with E-state index in [1.54, 1.807) is 12.4 Å². The van der Waals surface area contributed by atoms with Crippen LogP contribution in [0.3, 0.4) is 0 Å². The molecule has 7 nitrogen and oxygen atoms in total. The van der Waals surface area contributed by atoms with E-state index in [0.717, 1.165) is 38.0 Å². The number of aromatic nitrogens is 2. The number of nitrogens with one attached hydrogen (secondary N) is 2. The number of hydrogen-bond acceptors (Lipinski definition) is 6. The number of carbonyl (C=O) groups is 1. The second-order valence-corrected chi connectivity index (χ2v) is 6.48. The predicted molar refractivity (Wildman–Crippen MR) is 114 cm³/mol. The van der Waals surface area contributed by atoms with Gasteiger partial charge in [-0.25, -0.2) is 14.9 Å². The predicted octanol–water partition coefficient (Wildman–Crippen LogP) is 3.05. The second kappa shape index (κ2) is 12.3. The van der Waals surface area contributed by atoms with Crippen molar-refractivity contribution >= 4 is 42.6 Å². The lowest BCUT2D eigenvalue weighted by Crippen LogP contribution is -2.41. The SMILES string of the molecule is Cl.Cl.O=C(C=Cc1cnc(N[C@@H]2CCCN(Cc3ccc(F)cc3)C2)cn1)NO. The number of carbonyl (C=O) groups excluding carboxylic acids is 1. The lowest BCUT2D eigenvalue weighted by atomic mass is 10.0. The molecule has 1 aliphatic heterocycles. The fourth-order valence-corrected chi connectivity index (χ4v) is 3.07. The van der Waals surface area contributed by atoms with E-state index < -0.39 is 5.91 Å². The maximum Gasteiger partial charge on any atom is 0.267 e. The minimum atomic E-state index is -0.623. The summed E-state index contributed by atoms with van der Waals surface area (Å²) in [5.41, 5.74) is 3.13. The fraction of sp³-hybridized carbons (Fsp3) is 0.316. The highest BCUT2D eigenvalue weighted by molar-refractivity contribution is 5.90. The molecule has 3 N–H and O–H groups in total. The average Bonchev–Trinajstić information content (AvgIpc) is 2.69. The Hall–Kier alpha value is -2.26. The molecule has 158 valence electrons. The van der Waals surface area contributed by atoms with Crippen molar-refractivity contribution in [2.45, 2.75) is 25.4 Å². The summed E-state index contributed by atoms with van der Waals surface area (Å²) in [5.74, 6) is -0.166. The van der Waals surface area contributed by atoms with Crippen LogP contribution in [0.5, 0.6) is 0 Å². The van der Waals surface area contributed by atoms with Crippen LogP contribution >= 0.6 is 24.8 Å². The first-order chi connectivity index (χ1) is 13.1. The molecular weight excluding hydrogens is 420 g/mol. The summed E-state index contributed by atoms with van der Waals surface area (Å²) in [6, 6.07) is 6.88. The van der Waals surface area contributed by atoms with E-state index in [-0.39, 0.29) is 36.7 Å². The van der Waals surface area contributed by atoms with Crippen molar-refractivity contribution in [2.75, 3.05) is 18.4 Å². The molecule has 0 spiro atoms. The van der Waals surface area contributed by atoms with Gasteiger partial charge in [0.1, 0.15) is 11.6 Å². The van der Waals surface area contributed by atoms with E-state index in [1.165, 1.54) is 29.8 Å². The number of halogens is 3. The molecule has 0 bridgehead atoms. The molecule has 1 saturated heterocycles. The summed E-state index contributed by atoms with van der Waals surface area (Å²) < 4.78 is 13.0. The average molecular weight is 444 g/mol. The number of benzene rings is 1. The number of hydrogen-bond donors (Lipinski definition) is 3. The molecule has 2 aromatic rings. The van der Waals surface area contributed by atoms with Crippen molar-refractivity contribution in [1.29, 1.82) is 0 Å². The van der Waals surface area contributed by atoms with E-state index in [1.807, 2.05) is 12.1 Å². The Morgan fingerprint density at radius 1 is 1.24 bits per heavy atom. The van der Waals surface area contributed by atoms with Gasteiger partial charge in [0.25, 0.3) is 5.91 Å². The minimum Gasteiger partial charge on any atom is -0.365 e. The van der Waals surface area contributed by atoms with Crippen LogP contribution < -0.4 is 10.8 Å². The van der Waals surface area contributed by atoms with E-state index in [0.29, 0.717) is 11.5 Å². The Kier molecular flexibility index (Phi) is 10.5. The highest BCUT2D eigenvalue weighted by Crippen LogP contribution is 2.17. The topological polar surface area (TPSA) is 90.4 Å². The molecule has 0 unspecified atom stereocenters. The van der Waals surface area contributed by atoms with Gasteiger partial charge in [-0.1, -0.05) is 12.1 Å². The second-order valence-electron chi connectivity index (χ2n) is 6.48. The zero-order chi connectivity index (χ0) is 19.1. The van der Waals surface area contributed by atoms with Crippen LogP contribution in [-0.4, -0.2) is 45.1 Å². The molecule has 0 aliphatic carbocycles. The Bertz CT molecular complexity index is 790. The number of rotatable bonds is 6. The maximum atomic E-state index is 13.0. The van der Waals surface area contributed by atoms with Gasteiger partial charge in [0.2, 0.25) is 0 Å². The summed E-state index contributed by atoms with van der Waals surface area (Å²) in [4.78, 5) is 21.8. The van der Waals surface area contributed by atoms with Crippen LogP contribution in [0.2, 0.25) is 0 Å². The van der Waals surface area contributed by atoms with Crippen molar-refractivity contribution in [3.8, 4) is 0 Å². The van der Waals surface area contributed by atoms with Crippen LogP contribution in [0.25, 0.3) is 6.08 Å². The molecule has 1 aromatic carbocycles. The van der Waals surface area contributed by atoms with Gasteiger partial charge >= 0.3 is 0 Å². The van der Waals surface area contributed by atoms with E-state index in [4.69, 9.17) is 5.21 Å². The van der Waals surface area contributed by atoms with Crippen molar-refractivity contribution in [3.05, 3.63) is 59.8 Å². The zero-order valence-electron chi connectivity index (χ0n) is 15.6. The monoisotopic (exact) mass is 443 g/mol. The summed E-state index contributed by atoms with van der Waals surface area (Å²) in [5, 5.41) is 11.8. The van der Waals surface area contributed by atoms with Gasteiger partial charge in [0, 0.05) is 25.2 Å². The molecule has 1 amide bonds. The third-order valence-electron chi connectivity index (χ3n) is 4.36. The first-order valence-electron chi connectivity index (χ1n) is 8.80. The summed E-state index contributed by atoms with van der Waals surface area (Å²) in [6.45, 7) is 2.68. The minimum absolute atomic E-state index is 0. The summed E-state index contributed by atoms with van der Waals surface area (Å²) in [7, 11) is 0. The molecule has 2 heterocycles. The molecule has 10 heteroatoms. The standard InChI is InChI=1S/C19H22FN5O2.2ClH/c20-15-5-3-14(4-6-15)12-25-9-1-2-17(13-25)23-18-11-21-16(10-22-18)7-8-19(26)24-27;;/h3-8,10-11,17,27H,1-2,9,12-13H2,(H,22,23)(H,24,26);2*1H/t17-;;/m1../s1. The Morgan fingerprint density at radius 2 is 2.00 bits per heavy atom. The molecule has 1 aromatic heterocycles. The first kappa shape index (κ1) is 24.8. The van der Waals surface area contributed by atoms with Gasteiger partial charge in [-0.3, -0.25) is 19.9 Å². The fourth-order valence-electron chi connectivity index (χ4n) is 3.07. The molecule has 29 heavy (non-hydrogen) atoms. The van der Waals surface area contributed by atoms with Crippen LogP contribution in [0.15, 0.2) is 42.7 Å². The van der Waals surface area contributed by atoms with Crippen LogP contribution in [0.1, 0.15) is 24.1 Å². The molecule has 1 atom stereocenters. The third-order valence-corrected chi connectivity index (χ3v) is 4.36. The number of likely N-dealkylation sites (tertiary alicyclic amines) is 1. The lowest BCUT2D eigenvalue weighted by Gasteiger charge is -2.33. The number of piperidine rings is 1. The van der Waals surface area contributed by atoms with Crippen LogP contribution in [0.4, 0.5) is 10.2 Å². The molecule has 1 aliphatic rings. The third kappa shape index (κ3) is 7.94. The molecule has 0 radical (unpaired) electrons. The quantitative estimate of drug-likeness (QED) is 0.361. The highest BCUT2D eigenvalue weighted by Gasteiger charge is 2.20. The summed E-state index contributed by atoms with van der Waals surface area (Å²) >= 11 is 0. The van der Waals surface area contributed by atoms with Gasteiger partial charge in [-0.15, -0.1) is 24.8 Å². The largest absolute Gasteiger partial charge is 0.365 e. The number of nitrogens with zero attached hydrogens (tertiary/aromatic N) is 3. The number of hydroxylamine groups is 1. The van der Waals surface area contributed by atoms with Crippen molar-refractivity contribution in [2.24, 2.45) is 0 Å². The molecule has 3 rings (SSSR count). The molecular formula is C19H24Cl2FN5O2. The van der Waals surface area contributed by atoms with E-state index in [9.17, 15) is 9.18 Å². The Balaban J connectivity index is 0.00000210. The van der Waals surface area contributed by atoms with Crippen molar-refractivity contribution < 1.29 is 14.4 Å². The van der Waals surface area contributed by atoms with Gasteiger partial charge < -0.3 is 5.32 Å². The Morgan fingerprint density at radius 3 is 2.66 bits per heavy atom. The maximum absolute atomic E-state index is 13.0. The van der Waals surface area contributed by atoms with Gasteiger partial charge in [-0.2, -0.15) is 0 Å². The highest BCUT2D eigenvalue weighted by atomic mass is 35.5. The van der Waals surface area contributed by atoms with Crippen molar-refractivity contribution in [1.82, 2.24) is 20.3 Å².